The average molecular weight is 245 g/mol. The maximum atomic E-state index is 11.7. The number of esters is 1. The third kappa shape index (κ3) is 4.34. The Morgan fingerprint density at radius 1 is 1.28 bits per heavy atom. The Morgan fingerprint density at radius 3 is 2.94 bits per heavy atom. The monoisotopic (exact) mass is 245 g/mol. The highest BCUT2D eigenvalue weighted by Gasteiger charge is 2.14. The van der Waals surface area contributed by atoms with Gasteiger partial charge in [-0.1, -0.05) is 42.5 Å². The van der Waals surface area contributed by atoms with Gasteiger partial charge in [0.15, 0.2) is 0 Å². The molecule has 1 aliphatic heterocycles. The minimum atomic E-state index is -0.127. The molecule has 0 saturated heterocycles. The molecule has 1 heterocycles. The van der Waals surface area contributed by atoms with Crippen LogP contribution in [-0.4, -0.2) is 18.6 Å². The second-order valence-corrected chi connectivity index (χ2v) is 4.50. The number of allylic oxidation sites excluding steroid dienone is 1. The van der Waals surface area contributed by atoms with Gasteiger partial charge < -0.3 is 10.1 Å². The van der Waals surface area contributed by atoms with E-state index in [9.17, 15) is 4.79 Å². The molecule has 0 aliphatic carbocycles. The first-order valence-corrected chi connectivity index (χ1v) is 6.42. The lowest BCUT2D eigenvalue weighted by atomic mass is 10.1. The Kier molecular flexibility index (Phi) is 4.97. The van der Waals surface area contributed by atoms with Gasteiger partial charge in [-0.15, -0.1) is 0 Å². The van der Waals surface area contributed by atoms with Gasteiger partial charge in [0.1, 0.15) is 6.61 Å². The first kappa shape index (κ1) is 12.8. The van der Waals surface area contributed by atoms with Crippen LogP contribution >= 0.6 is 0 Å². The number of benzene rings is 1. The summed E-state index contributed by atoms with van der Waals surface area (Å²) in [5, 5.41) is 3.32. The molecule has 1 unspecified atom stereocenters. The Labute approximate surface area is 108 Å². The molecule has 96 valence electrons. The molecular formula is C15H19NO2. The highest BCUT2D eigenvalue weighted by Crippen LogP contribution is 2.08. The number of hydrogen-bond donors (Lipinski definition) is 1. The number of ether oxygens (including phenoxy) is 1. The SMILES string of the molecule is O=C(CC1CCC=CCN1)OCc1ccccc1. The number of carbonyl (C=O) groups excluding carboxylic acids is 1. The van der Waals surface area contributed by atoms with Crippen LogP contribution in [0.15, 0.2) is 42.5 Å². The van der Waals surface area contributed by atoms with E-state index < -0.39 is 0 Å². The summed E-state index contributed by atoms with van der Waals surface area (Å²) < 4.78 is 5.27. The van der Waals surface area contributed by atoms with Crippen molar-refractivity contribution in [3.8, 4) is 0 Å². The van der Waals surface area contributed by atoms with Crippen LogP contribution in [0.2, 0.25) is 0 Å². The molecule has 1 aromatic rings. The van der Waals surface area contributed by atoms with E-state index >= 15 is 0 Å². The Bertz CT molecular complexity index is 390. The fraction of sp³-hybridized carbons (Fsp3) is 0.400. The number of rotatable bonds is 4. The van der Waals surface area contributed by atoms with Crippen LogP contribution in [0.1, 0.15) is 24.8 Å². The Morgan fingerprint density at radius 2 is 2.11 bits per heavy atom. The van der Waals surface area contributed by atoms with Crippen molar-refractivity contribution in [2.75, 3.05) is 6.54 Å². The third-order valence-electron chi connectivity index (χ3n) is 3.03. The smallest absolute Gasteiger partial charge is 0.307 e. The molecule has 2 rings (SSSR count). The average Bonchev–Trinajstić information content (AvgIpc) is 2.66. The standard InChI is InChI=1S/C15H19NO2/c17-15(11-14-9-5-2-6-10-16-14)18-12-13-7-3-1-4-8-13/h1-4,6-8,14,16H,5,9-12H2. The van der Waals surface area contributed by atoms with Crippen molar-refractivity contribution in [3.63, 3.8) is 0 Å². The maximum Gasteiger partial charge on any atom is 0.307 e. The molecule has 0 saturated carbocycles. The van der Waals surface area contributed by atoms with E-state index in [4.69, 9.17) is 4.74 Å². The van der Waals surface area contributed by atoms with E-state index in [1.54, 1.807) is 0 Å². The normalized spacial score (nSPS) is 19.2. The van der Waals surface area contributed by atoms with Gasteiger partial charge in [-0.05, 0) is 18.4 Å². The van der Waals surface area contributed by atoms with Crippen LogP contribution in [0.5, 0.6) is 0 Å². The summed E-state index contributed by atoms with van der Waals surface area (Å²) >= 11 is 0. The molecular weight excluding hydrogens is 226 g/mol. The van der Waals surface area contributed by atoms with Crippen molar-refractivity contribution in [2.24, 2.45) is 0 Å². The molecule has 0 radical (unpaired) electrons. The molecule has 1 N–H and O–H groups in total. The first-order chi connectivity index (χ1) is 8.84. The lowest BCUT2D eigenvalue weighted by Crippen LogP contribution is -2.31. The van der Waals surface area contributed by atoms with Crippen molar-refractivity contribution in [1.82, 2.24) is 5.32 Å². The van der Waals surface area contributed by atoms with Crippen LogP contribution in [-0.2, 0) is 16.1 Å². The van der Waals surface area contributed by atoms with Crippen LogP contribution in [0, 0.1) is 0 Å². The minimum absolute atomic E-state index is 0.127. The van der Waals surface area contributed by atoms with E-state index in [2.05, 4.69) is 17.5 Å². The molecule has 0 amide bonds. The summed E-state index contributed by atoms with van der Waals surface area (Å²) in [5.41, 5.74) is 1.03. The molecule has 0 aromatic heterocycles. The summed E-state index contributed by atoms with van der Waals surface area (Å²) in [7, 11) is 0. The first-order valence-electron chi connectivity index (χ1n) is 6.42. The van der Waals surface area contributed by atoms with Crippen LogP contribution in [0.4, 0.5) is 0 Å². The quantitative estimate of drug-likeness (QED) is 0.654. The van der Waals surface area contributed by atoms with Crippen LogP contribution in [0.25, 0.3) is 0 Å². The Hall–Kier alpha value is -1.61. The zero-order chi connectivity index (χ0) is 12.6. The topological polar surface area (TPSA) is 38.3 Å². The van der Waals surface area contributed by atoms with Gasteiger partial charge in [0, 0.05) is 12.6 Å². The van der Waals surface area contributed by atoms with Gasteiger partial charge in [0.2, 0.25) is 0 Å². The Balaban J connectivity index is 1.72. The summed E-state index contributed by atoms with van der Waals surface area (Å²) in [6.45, 7) is 1.21. The number of hydrogen-bond acceptors (Lipinski definition) is 3. The van der Waals surface area contributed by atoms with Gasteiger partial charge in [-0.25, -0.2) is 0 Å². The van der Waals surface area contributed by atoms with Gasteiger partial charge in [-0.3, -0.25) is 4.79 Å². The minimum Gasteiger partial charge on any atom is -0.461 e. The molecule has 0 spiro atoms. The number of nitrogens with one attached hydrogen (secondary N) is 1. The van der Waals surface area contributed by atoms with E-state index in [0.717, 1.165) is 24.9 Å². The van der Waals surface area contributed by atoms with Crippen molar-refractivity contribution >= 4 is 5.97 Å². The van der Waals surface area contributed by atoms with Gasteiger partial charge >= 0.3 is 5.97 Å². The lowest BCUT2D eigenvalue weighted by molar-refractivity contribution is -0.145. The van der Waals surface area contributed by atoms with Crippen LogP contribution in [0.3, 0.4) is 0 Å². The predicted octanol–water partition coefficient (Wildman–Crippen LogP) is 2.43. The van der Waals surface area contributed by atoms with E-state index in [0.29, 0.717) is 13.0 Å². The van der Waals surface area contributed by atoms with Crippen molar-refractivity contribution in [2.45, 2.75) is 31.9 Å². The van der Waals surface area contributed by atoms with Crippen molar-refractivity contribution in [3.05, 3.63) is 48.0 Å². The van der Waals surface area contributed by atoms with Gasteiger partial charge in [-0.2, -0.15) is 0 Å². The van der Waals surface area contributed by atoms with Crippen molar-refractivity contribution in [1.29, 1.82) is 0 Å². The molecule has 1 atom stereocenters. The lowest BCUT2D eigenvalue weighted by Gasteiger charge is -2.14. The van der Waals surface area contributed by atoms with E-state index in [1.807, 2.05) is 30.3 Å². The predicted molar refractivity (Wildman–Crippen MR) is 71.0 cm³/mol. The molecule has 0 fully saturated rings. The van der Waals surface area contributed by atoms with Crippen molar-refractivity contribution < 1.29 is 9.53 Å². The van der Waals surface area contributed by atoms with E-state index in [-0.39, 0.29) is 12.0 Å². The molecule has 1 aliphatic rings. The summed E-state index contributed by atoms with van der Waals surface area (Å²) in [5.74, 6) is -0.127. The summed E-state index contributed by atoms with van der Waals surface area (Å²) in [4.78, 5) is 11.7. The molecule has 3 heteroatoms. The maximum absolute atomic E-state index is 11.7. The van der Waals surface area contributed by atoms with Gasteiger partial charge in [0.25, 0.3) is 0 Å². The zero-order valence-corrected chi connectivity index (χ0v) is 10.5. The summed E-state index contributed by atoms with van der Waals surface area (Å²) in [6, 6.07) is 10.0. The fourth-order valence-corrected chi connectivity index (χ4v) is 2.01. The third-order valence-corrected chi connectivity index (χ3v) is 3.03. The molecule has 3 nitrogen and oxygen atoms in total. The highest BCUT2D eigenvalue weighted by atomic mass is 16.5. The largest absolute Gasteiger partial charge is 0.461 e. The summed E-state index contributed by atoms with van der Waals surface area (Å²) in [6.07, 6.45) is 6.74. The molecule has 0 bridgehead atoms. The molecule has 1 aromatic carbocycles. The van der Waals surface area contributed by atoms with Crippen LogP contribution < -0.4 is 5.32 Å². The second-order valence-electron chi connectivity index (χ2n) is 4.50. The van der Waals surface area contributed by atoms with E-state index in [1.165, 1.54) is 0 Å². The number of carbonyl (C=O) groups is 1. The second kappa shape index (κ2) is 6.97. The molecule has 18 heavy (non-hydrogen) atoms. The van der Waals surface area contributed by atoms with Gasteiger partial charge in [0.05, 0.1) is 6.42 Å². The fourth-order valence-electron chi connectivity index (χ4n) is 2.01. The zero-order valence-electron chi connectivity index (χ0n) is 10.5. The highest BCUT2D eigenvalue weighted by molar-refractivity contribution is 5.70.